The number of hydrogen-bond donors (Lipinski definition) is 2. The van der Waals surface area contributed by atoms with Gasteiger partial charge in [0.25, 0.3) is 0 Å². The minimum Gasteiger partial charge on any atom is -0.480 e. The Bertz CT molecular complexity index is 407. The summed E-state index contributed by atoms with van der Waals surface area (Å²) in [4.78, 5) is 25.2. The predicted octanol–water partition coefficient (Wildman–Crippen LogP) is 0.946. The van der Waals surface area contributed by atoms with Crippen LogP contribution in [0.1, 0.15) is 32.5 Å². The van der Waals surface area contributed by atoms with E-state index in [0.29, 0.717) is 11.8 Å². The highest BCUT2D eigenvalue weighted by Crippen LogP contribution is 2.15. The maximum atomic E-state index is 10.8. The molecule has 0 spiro atoms. The van der Waals surface area contributed by atoms with Crippen LogP contribution in [0.2, 0.25) is 0 Å². The quantitative estimate of drug-likeness (QED) is 0.807. The fourth-order valence-corrected chi connectivity index (χ4v) is 1.16. The zero-order chi connectivity index (χ0) is 13.9. The van der Waals surface area contributed by atoms with Gasteiger partial charge in [0.05, 0.1) is 0 Å². The molecule has 0 radical (unpaired) electrons. The highest BCUT2D eigenvalue weighted by atomic mass is 16.4. The summed E-state index contributed by atoms with van der Waals surface area (Å²) < 4.78 is 0. The van der Waals surface area contributed by atoms with Crippen molar-refractivity contribution in [1.29, 1.82) is 0 Å². The number of nitrogens with one attached hydrogen (secondary N) is 1. The lowest BCUT2D eigenvalue weighted by atomic mass is 10.2. The average Bonchev–Trinajstić information content (AvgIpc) is 2.28. The van der Waals surface area contributed by atoms with Crippen LogP contribution < -0.4 is 10.2 Å². The van der Waals surface area contributed by atoms with Crippen molar-refractivity contribution in [2.45, 2.75) is 32.7 Å². The molecule has 0 aliphatic carbocycles. The highest BCUT2D eigenvalue weighted by molar-refractivity contribution is 5.75. The summed E-state index contributed by atoms with van der Waals surface area (Å²) in [6, 6.07) is -0.748. The molecule has 0 fully saturated rings. The van der Waals surface area contributed by atoms with E-state index >= 15 is 0 Å². The Morgan fingerprint density at radius 1 is 1.22 bits per heavy atom. The molecule has 0 unspecified atom stereocenters. The van der Waals surface area contributed by atoms with Crippen LogP contribution in [0.25, 0.3) is 0 Å². The van der Waals surface area contributed by atoms with Crippen LogP contribution in [-0.2, 0) is 4.79 Å². The van der Waals surface area contributed by atoms with Crippen molar-refractivity contribution in [3.05, 3.63) is 5.82 Å². The van der Waals surface area contributed by atoms with Crippen LogP contribution in [0.5, 0.6) is 0 Å². The lowest BCUT2D eigenvalue weighted by Crippen LogP contribution is -2.27. The normalized spacial score (nSPS) is 12.3. The molecule has 1 aromatic heterocycles. The number of nitrogens with zero attached hydrogens (tertiary/aromatic N) is 4. The molecule has 100 valence electrons. The van der Waals surface area contributed by atoms with Crippen LogP contribution >= 0.6 is 0 Å². The first-order chi connectivity index (χ1) is 8.31. The van der Waals surface area contributed by atoms with Gasteiger partial charge in [-0.2, -0.15) is 15.0 Å². The van der Waals surface area contributed by atoms with E-state index in [1.54, 1.807) is 4.90 Å². The lowest BCUT2D eigenvalue weighted by Gasteiger charge is -2.16. The Kier molecular flexibility index (Phi) is 4.41. The summed E-state index contributed by atoms with van der Waals surface area (Å²) in [6.45, 7) is 5.48. The topological polar surface area (TPSA) is 91.2 Å². The molecule has 1 atom stereocenters. The maximum absolute atomic E-state index is 10.8. The number of anilines is 2. The largest absolute Gasteiger partial charge is 0.480 e. The van der Waals surface area contributed by atoms with Crippen molar-refractivity contribution in [1.82, 2.24) is 15.0 Å². The molecule has 0 saturated carbocycles. The Morgan fingerprint density at radius 2 is 1.83 bits per heavy atom. The molecular formula is C11H19N5O2. The summed E-state index contributed by atoms with van der Waals surface area (Å²) in [5, 5.41) is 11.6. The van der Waals surface area contributed by atoms with E-state index in [-0.39, 0.29) is 11.9 Å². The molecule has 1 aromatic rings. The van der Waals surface area contributed by atoms with E-state index in [2.05, 4.69) is 20.3 Å². The smallest absolute Gasteiger partial charge is 0.325 e. The Balaban J connectivity index is 3.07. The van der Waals surface area contributed by atoms with Crippen LogP contribution in [-0.4, -0.2) is 46.2 Å². The van der Waals surface area contributed by atoms with Crippen molar-refractivity contribution in [3.63, 3.8) is 0 Å². The number of hydrogen-bond acceptors (Lipinski definition) is 6. The zero-order valence-corrected chi connectivity index (χ0v) is 11.3. The second-order valence-electron chi connectivity index (χ2n) is 4.57. The molecule has 2 N–H and O–H groups in total. The molecule has 7 nitrogen and oxygen atoms in total. The van der Waals surface area contributed by atoms with Gasteiger partial charge in [-0.1, -0.05) is 13.8 Å². The van der Waals surface area contributed by atoms with Gasteiger partial charge in [-0.05, 0) is 6.92 Å². The van der Waals surface area contributed by atoms with Crippen LogP contribution in [0.3, 0.4) is 0 Å². The third-order valence-corrected chi connectivity index (χ3v) is 2.27. The van der Waals surface area contributed by atoms with Crippen LogP contribution in [0, 0.1) is 0 Å². The summed E-state index contributed by atoms with van der Waals surface area (Å²) in [5.74, 6) is 0.621. The number of carbonyl (C=O) groups is 1. The van der Waals surface area contributed by atoms with E-state index in [1.165, 1.54) is 6.92 Å². The van der Waals surface area contributed by atoms with Crippen molar-refractivity contribution in [2.75, 3.05) is 24.3 Å². The number of carboxylic acid groups (broad SMARTS) is 1. The van der Waals surface area contributed by atoms with Gasteiger partial charge < -0.3 is 15.3 Å². The predicted molar refractivity (Wildman–Crippen MR) is 69.0 cm³/mol. The summed E-state index contributed by atoms with van der Waals surface area (Å²) in [5.41, 5.74) is 0. The standard InChI is InChI=1S/C11H19N5O2/c1-6(2)8-13-10(12-7(3)9(17)18)15-11(14-8)16(4)5/h6-7H,1-5H3,(H,17,18)(H,12,13,14,15)/t7-/m0/s1. The van der Waals surface area contributed by atoms with Gasteiger partial charge in [-0.15, -0.1) is 0 Å². The molecular weight excluding hydrogens is 234 g/mol. The summed E-state index contributed by atoms with van der Waals surface area (Å²) in [7, 11) is 3.65. The van der Waals surface area contributed by atoms with Crippen molar-refractivity contribution >= 4 is 17.9 Å². The van der Waals surface area contributed by atoms with Gasteiger partial charge in [0.15, 0.2) is 0 Å². The molecule has 0 aromatic carbocycles. The molecule has 7 heteroatoms. The molecule has 0 saturated heterocycles. The third kappa shape index (κ3) is 3.54. The number of aliphatic carboxylic acids is 1. The number of aromatic nitrogens is 3. The fourth-order valence-electron chi connectivity index (χ4n) is 1.16. The SMILES string of the molecule is CC(C)c1nc(N[C@@H](C)C(=O)O)nc(N(C)C)n1. The lowest BCUT2D eigenvalue weighted by molar-refractivity contribution is -0.137. The molecule has 0 bridgehead atoms. The van der Waals surface area contributed by atoms with Crippen molar-refractivity contribution in [2.24, 2.45) is 0 Å². The van der Waals surface area contributed by atoms with Crippen molar-refractivity contribution < 1.29 is 9.90 Å². The second kappa shape index (κ2) is 5.61. The summed E-state index contributed by atoms with van der Waals surface area (Å²) >= 11 is 0. The number of rotatable bonds is 5. The minimum absolute atomic E-state index is 0.146. The maximum Gasteiger partial charge on any atom is 0.325 e. The minimum atomic E-state index is -0.951. The highest BCUT2D eigenvalue weighted by Gasteiger charge is 2.15. The van der Waals surface area contributed by atoms with Crippen LogP contribution in [0.4, 0.5) is 11.9 Å². The van der Waals surface area contributed by atoms with Gasteiger partial charge in [0.1, 0.15) is 11.9 Å². The number of carboxylic acids is 1. The Labute approximate surface area is 106 Å². The zero-order valence-electron chi connectivity index (χ0n) is 11.3. The second-order valence-corrected chi connectivity index (χ2v) is 4.57. The van der Waals surface area contributed by atoms with Gasteiger partial charge in [0.2, 0.25) is 11.9 Å². The summed E-state index contributed by atoms with van der Waals surface area (Å²) in [6.07, 6.45) is 0. The van der Waals surface area contributed by atoms with E-state index in [1.807, 2.05) is 27.9 Å². The van der Waals surface area contributed by atoms with Gasteiger partial charge >= 0.3 is 5.97 Å². The van der Waals surface area contributed by atoms with Crippen molar-refractivity contribution in [3.8, 4) is 0 Å². The van der Waals surface area contributed by atoms with Gasteiger partial charge in [-0.3, -0.25) is 4.79 Å². The first kappa shape index (κ1) is 14.1. The molecule has 1 rings (SSSR count). The molecule has 1 heterocycles. The average molecular weight is 253 g/mol. The first-order valence-electron chi connectivity index (χ1n) is 5.74. The Morgan fingerprint density at radius 3 is 2.28 bits per heavy atom. The van der Waals surface area contributed by atoms with E-state index in [9.17, 15) is 4.79 Å². The molecule has 0 aliphatic rings. The van der Waals surface area contributed by atoms with Gasteiger partial charge in [-0.25, -0.2) is 0 Å². The third-order valence-electron chi connectivity index (χ3n) is 2.27. The molecule has 0 aliphatic heterocycles. The monoisotopic (exact) mass is 253 g/mol. The molecule has 18 heavy (non-hydrogen) atoms. The Hall–Kier alpha value is -1.92. The fraction of sp³-hybridized carbons (Fsp3) is 0.636. The van der Waals surface area contributed by atoms with Crippen LogP contribution in [0.15, 0.2) is 0 Å². The van der Waals surface area contributed by atoms with E-state index in [0.717, 1.165) is 0 Å². The van der Waals surface area contributed by atoms with E-state index < -0.39 is 12.0 Å². The van der Waals surface area contributed by atoms with Gasteiger partial charge in [0, 0.05) is 20.0 Å². The molecule has 0 amide bonds. The first-order valence-corrected chi connectivity index (χ1v) is 5.74. The van der Waals surface area contributed by atoms with E-state index in [4.69, 9.17) is 5.11 Å².